The first-order valence-electron chi connectivity index (χ1n) is 9.19. The molecule has 1 heterocycles. The lowest BCUT2D eigenvalue weighted by molar-refractivity contribution is -0.136. The fraction of sp³-hybridized carbons (Fsp3) is 0.632. The summed E-state index contributed by atoms with van der Waals surface area (Å²) in [4.78, 5) is 32.9. The van der Waals surface area contributed by atoms with Gasteiger partial charge in [0.05, 0.1) is 23.9 Å². The highest BCUT2D eigenvalue weighted by molar-refractivity contribution is 5.94. The van der Waals surface area contributed by atoms with Crippen molar-refractivity contribution in [2.75, 3.05) is 41.3 Å². The van der Waals surface area contributed by atoms with Crippen LogP contribution in [0.25, 0.3) is 0 Å². The van der Waals surface area contributed by atoms with Gasteiger partial charge in [-0.25, -0.2) is 0 Å². The van der Waals surface area contributed by atoms with Crippen molar-refractivity contribution in [1.82, 2.24) is 20.1 Å². The van der Waals surface area contributed by atoms with Crippen molar-refractivity contribution >= 4 is 11.8 Å². The van der Waals surface area contributed by atoms with E-state index in [1.807, 2.05) is 26.0 Å². The van der Waals surface area contributed by atoms with Gasteiger partial charge in [-0.05, 0) is 39.4 Å². The molecule has 2 N–H and O–H groups in total. The van der Waals surface area contributed by atoms with Crippen LogP contribution < -0.4 is 5.32 Å². The largest absolute Gasteiger partial charge is 0.506 e. The van der Waals surface area contributed by atoms with E-state index in [4.69, 9.17) is 4.74 Å². The van der Waals surface area contributed by atoms with Crippen LogP contribution in [0.3, 0.4) is 0 Å². The number of nitrogens with one attached hydrogen (secondary N) is 1. The maximum atomic E-state index is 12.8. The Kier molecular flexibility index (Phi) is 7.55. The molecule has 3 atom stereocenters. The normalized spacial score (nSPS) is 22.5. The van der Waals surface area contributed by atoms with Gasteiger partial charge in [0.25, 0.3) is 5.91 Å². The monoisotopic (exact) mass is 378 g/mol. The minimum absolute atomic E-state index is 0.0647. The number of aromatic nitrogens is 1. The van der Waals surface area contributed by atoms with Crippen LogP contribution in [0.1, 0.15) is 29.6 Å². The summed E-state index contributed by atoms with van der Waals surface area (Å²) < 4.78 is 5.52. The number of rotatable bonds is 7. The standard InChI is InChI=1S/C19H30N4O4/c1-22(2)7-8-23(3)19(26)13-5-6-17(27-4)16(10-13)21-18(25)14-9-15(24)12-20-11-14/h9,11-13,16-17,24H,5-8,10H2,1-4H3,(H,21,25)/t13-,16+,17+/m0/s1. The highest BCUT2D eigenvalue weighted by atomic mass is 16.5. The number of pyridine rings is 1. The summed E-state index contributed by atoms with van der Waals surface area (Å²) >= 11 is 0. The zero-order valence-corrected chi connectivity index (χ0v) is 16.5. The Labute approximate surface area is 160 Å². The smallest absolute Gasteiger partial charge is 0.253 e. The minimum Gasteiger partial charge on any atom is -0.506 e. The number of methoxy groups -OCH3 is 1. The van der Waals surface area contributed by atoms with Crippen LogP contribution in [0.15, 0.2) is 18.5 Å². The second kappa shape index (κ2) is 9.66. The highest BCUT2D eigenvalue weighted by Crippen LogP contribution is 2.28. The van der Waals surface area contributed by atoms with Crippen LogP contribution >= 0.6 is 0 Å². The van der Waals surface area contributed by atoms with Gasteiger partial charge in [-0.3, -0.25) is 14.6 Å². The minimum atomic E-state index is -0.334. The molecule has 1 aliphatic carbocycles. The average molecular weight is 378 g/mol. The van der Waals surface area contributed by atoms with Crippen LogP contribution in [0.4, 0.5) is 0 Å². The van der Waals surface area contributed by atoms with Gasteiger partial charge in [0.2, 0.25) is 5.91 Å². The van der Waals surface area contributed by atoms with Crippen LogP contribution in [-0.2, 0) is 9.53 Å². The molecule has 0 aromatic carbocycles. The number of amides is 2. The Morgan fingerprint density at radius 3 is 2.63 bits per heavy atom. The van der Waals surface area contributed by atoms with Gasteiger partial charge in [-0.1, -0.05) is 0 Å². The second-order valence-electron chi connectivity index (χ2n) is 7.36. The van der Waals surface area contributed by atoms with Gasteiger partial charge in [0.1, 0.15) is 5.75 Å². The lowest BCUT2D eigenvalue weighted by atomic mass is 9.82. The summed E-state index contributed by atoms with van der Waals surface area (Å²) in [6.45, 7) is 1.47. The van der Waals surface area contributed by atoms with Crippen molar-refractivity contribution in [3.05, 3.63) is 24.0 Å². The quantitative estimate of drug-likeness (QED) is 0.726. The summed E-state index contributed by atoms with van der Waals surface area (Å²) in [5, 5.41) is 12.5. The van der Waals surface area contributed by atoms with E-state index < -0.39 is 0 Å². The molecule has 0 bridgehead atoms. The predicted octanol–water partition coefficient (Wildman–Crippen LogP) is 0.721. The molecule has 1 aliphatic rings. The Balaban J connectivity index is 2.01. The first kappa shape index (κ1) is 21.1. The third-order valence-corrected chi connectivity index (χ3v) is 5.00. The van der Waals surface area contributed by atoms with Gasteiger partial charge in [0.15, 0.2) is 0 Å². The van der Waals surface area contributed by atoms with E-state index >= 15 is 0 Å². The Morgan fingerprint density at radius 1 is 1.26 bits per heavy atom. The van der Waals surface area contributed by atoms with Crippen molar-refractivity contribution in [3.63, 3.8) is 0 Å². The lowest BCUT2D eigenvalue weighted by Gasteiger charge is -2.36. The molecule has 27 heavy (non-hydrogen) atoms. The number of hydrogen-bond donors (Lipinski definition) is 2. The molecular weight excluding hydrogens is 348 g/mol. The van der Waals surface area contributed by atoms with E-state index in [1.165, 1.54) is 18.5 Å². The van der Waals surface area contributed by atoms with E-state index in [2.05, 4.69) is 10.3 Å². The average Bonchev–Trinajstić information content (AvgIpc) is 2.65. The zero-order chi connectivity index (χ0) is 20.0. The molecule has 0 spiro atoms. The number of nitrogens with zero attached hydrogens (tertiary/aromatic N) is 3. The zero-order valence-electron chi connectivity index (χ0n) is 16.5. The van der Waals surface area contributed by atoms with Gasteiger partial charge >= 0.3 is 0 Å². The number of likely N-dealkylation sites (N-methyl/N-ethyl adjacent to an activating group) is 2. The van der Waals surface area contributed by atoms with E-state index in [9.17, 15) is 14.7 Å². The third-order valence-electron chi connectivity index (χ3n) is 5.00. The van der Waals surface area contributed by atoms with Crippen molar-refractivity contribution in [2.24, 2.45) is 5.92 Å². The fourth-order valence-electron chi connectivity index (χ4n) is 3.38. The Hall–Kier alpha value is -2.19. The van der Waals surface area contributed by atoms with E-state index in [0.717, 1.165) is 13.0 Å². The molecule has 2 amide bonds. The van der Waals surface area contributed by atoms with Crippen LogP contribution in [0.2, 0.25) is 0 Å². The Bertz CT molecular complexity index is 652. The topological polar surface area (TPSA) is 95.0 Å². The van der Waals surface area contributed by atoms with Gasteiger partial charge < -0.3 is 25.0 Å². The molecular formula is C19H30N4O4. The maximum absolute atomic E-state index is 12.8. The fourth-order valence-corrected chi connectivity index (χ4v) is 3.38. The molecule has 0 unspecified atom stereocenters. The molecule has 150 valence electrons. The van der Waals surface area contributed by atoms with Crippen molar-refractivity contribution in [1.29, 1.82) is 0 Å². The highest BCUT2D eigenvalue weighted by Gasteiger charge is 2.36. The van der Waals surface area contributed by atoms with Gasteiger partial charge in [-0.15, -0.1) is 0 Å². The number of carbonyl (C=O) groups is 2. The molecule has 1 aromatic heterocycles. The molecule has 0 aliphatic heterocycles. The lowest BCUT2D eigenvalue weighted by Crippen LogP contribution is -2.50. The van der Waals surface area contributed by atoms with E-state index in [1.54, 1.807) is 12.0 Å². The van der Waals surface area contributed by atoms with Crippen molar-refractivity contribution in [2.45, 2.75) is 31.4 Å². The van der Waals surface area contributed by atoms with Gasteiger partial charge in [-0.2, -0.15) is 0 Å². The Morgan fingerprint density at radius 2 is 2.00 bits per heavy atom. The molecule has 0 radical (unpaired) electrons. The van der Waals surface area contributed by atoms with E-state index in [0.29, 0.717) is 19.4 Å². The summed E-state index contributed by atoms with van der Waals surface area (Å²) in [5.74, 6) is -0.439. The van der Waals surface area contributed by atoms with Crippen molar-refractivity contribution < 1.29 is 19.4 Å². The predicted molar refractivity (Wildman–Crippen MR) is 101 cm³/mol. The SMILES string of the molecule is CO[C@@H]1CC[C@H](C(=O)N(C)CCN(C)C)C[C@H]1NC(=O)c1cncc(O)c1. The molecule has 1 fully saturated rings. The van der Waals surface area contributed by atoms with Gasteiger partial charge in [0, 0.05) is 39.4 Å². The molecule has 1 saturated carbocycles. The molecule has 1 aromatic rings. The summed E-state index contributed by atoms with van der Waals surface area (Å²) in [5.41, 5.74) is 0.279. The van der Waals surface area contributed by atoms with Crippen LogP contribution in [0, 0.1) is 5.92 Å². The summed E-state index contributed by atoms with van der Waals surface area (Å²) in [6, 6.07) is 1.10. The third kappa shape index (κ3) is 5.90. The molecule has 8 nitrogen and oxygen atoms in total. The first-order valence-corrected chi connectivity index (χ1v) is 9.19. The molecule has 0 saturated heterocycles. The second-order valence-corrected chi connectivity index (χ2v) is 7.36. The maximum Gasteiger partial charge on any atom is 0.253 e. The van der Waals surface area contributed by atoms with E-state index in [-0.39, 0.29) is 41.2 Å². The summed E-state index contributed by atoms with van der Waals surface area (Å²) in [6.07, 6.45) is 4.50. The number of ether oxygens (including phenoxy) is 1. The molecule has 8 heteroatoms. The summed E-state index contributed by atoms with van der Waals surface area (Å²) in [7, 11) is 7.39. The van der Waals surface area contributed by atoms with Crippen molar-refractivity contribution in [3.8, 4) is 5.75 Å². The molecule has 2 rings (SSSR count). The number of aromatic hydroxyl groups is 1. The van der Waals surface area contributed by atoms with Crippen LogP contribution in [-0.4, -0.2) is 85.2 Å². The van der Waals surface area contributed by atoms with Crippen LogP contribution in [0.5, 0.6) is 5.75 Å². The first-order chi connectivity index (χ1) is 12.8. The number of carbonyl (C=O) groups excluding carboxylic acids is 2. The number of hydrogen-bond acceptors (Lipinski definition) is 6.